The van der Waals surface area contributed by atoms with Crippen molar-refractivity contribution in [2.24, 2.45) is 0 Å². The number of aromatic nitrogens is 3. The molecule has 0 aliphatic carbocycles. The summed E-state index contributed by atoms with van der Waals surface area (Å²) in [7, 11) is 0. The third-order valence-corrected chi connectivity index (χ3v) is 2.21. The van der Waals surface area contributed by atoms with Crippen LogP contribution in [0.15, 0.2) is 30.6 Å². The minimum atomic E-state index is 0.147. The molecule has 0 atom stereocenters. The van der Waals surface area contributed by atoms with E-state index in [0.717, 1.165) is 0 Å². The van der Waals surface area contributed by atoms with Gasteiger partial charge in [-0.05, 0) is 24.3 Å². The summed E-state index contributed by atoms with van der Waals surface area (Å²) in [5.41, 5.74) is 0.595. The first kappa shape index (κ1) is 11.6. The highest BCUT2D eigenvalue weighted by atomic mass is 16.5. The average Bonchev–Trinajstić information content (AvgIpc) is 2.87. The summed E-state index contributed by atoms with van der Waals surface area (Å²) in [6.07, 6.45) is 1.49. The lowest BCUT2D eigenvalue weighted by Gasteiger charge is -2.05. The Morgan fingerprint density at radius 3 is 2.56 bits per heavy atom. The van der Waals surface area contributed by atoms with Crippen molar-refractivity contribution in [3.8, 4) is 17.9 Å². The number of hydrogen-bond acceptors (Lipinski definition) is 5. The number of benzene rings is 1. The smallest absolute Gasteiger partial charge is 0.252 e. The molecule has 0 amide bonds. The van der Waals surface area contributed by atoms with Gasteiger partial charge < -0.3 is 4.74 Å². The lowest BCUT2D eigenvalue weighted by molar-refractivity contribution is 0.291. The molecule has 0 spiro atoms. The van der Waals surface area contributed by atoms with Gasteiger partial charge in [-0.1, -0.05) is 0 Å². The lowest BCUT2D eigenvalue weighted by Crippen LogP contribution is -2.08. The van der Waals surface area contributed by atoms with Crippen molar-refractivity contribution in [3.63, 3.8) is 0 Å². The molecule has 6 heteroatoms. The van der Waals surface area contributed by atoms with E-state index in [9.17, 15) is 0 Å². The van der Waals surface area contributed by atoms with Crippen LogP contribution >= 0.6 is 0 Å². The van der Waals surface area contributed by atoms with E-state index in [1.165, 1.54) is 6.33 Å². The van der Waals surface area contributed by atoms with Crippen molar-refractivity contribution in [2.45, 2.75) is 6.54 Å². The minimum Gasteiger partial charge on any atom is -0.492 e. The van der Waals surface area contributed by atoms with E-state index in [-0.39, 0.29) is 5.82 Å². The van der Waals surface area contributed by atoms with E-state index in [1.807, 2.05) is 12.1 Å². The largest absolute Gasteiger partial charge is 0.492 e. The van der Waals surface area contributed by atoms with E-state index in [4.69, 9.17) is 15.3 Å². The predicted octanol–water partition coefficient (Wildman–Crippen LogP) is 1.10. The van der Waals surface area contributed by atoms with Crippen LogP contribution in [-0.2, 0) is 6.54 Å². The third-order valence-electron chi connectivity index (χ3n) is 2.21. The molecule has 2 rings (SSSR count). The van der Waals surface area contributed by atoms with Crippen LogP contribution in [0.1, 0.15) is 11.4 Å². The highest BCUT2D eigenvalue weighted by Gasteiger charge is 1.99. The average molecular weight is 239 g/mol. The predicted molar refractivity (Wildman–Crippen MR) is 61.4 cm³/mol. The summed E-state index contributed by atoms with van der Waals surface area (Å²) in [5, 5.41) is 21.1. The van der Waals surface area contributed by atoms with Gasteiger partial charge in [0.15, 0.2) is 0 Å². The molecule has 2 aromatic rings. The molecule has 1 aromatic heterocycles. The SMILES string of the molecule is N#Cc1ccc(OCCn2cnc(C#N)n2)cc1. The molecule has 0 saturated carbocycles. The zero-order valence-electron chi connectivity index (χ0n) is 9.45. The minimum absolute atomic E-state index is 0.147. The Bertz CT molecular complexity index is 603. The first-order valence-electron chi connectivity index (χ1n) is 5.24. The molecule has 1 heterocycles. The second-order valence-electron chi connectivity index (χ2n) is 3.43. The summed E-state index contributed by atoms with van der Waals surface area (Å²) in [6, 6.07) is 10.7. The summed E-state index contributed by atoms with van der Waals surface area (Å²) in [4.78, 5) is 3.78. The molecule has 88 valence electrons. The normalized spacial score (nSPS) is 9.44. The number of rotatable bonds is 4. The van der Waals surface area contributed by atoms with E-state index in [1.54, 1.807) is 28.9 Å². The molecule has 0 fully saturated rings. The topological polar surface area (TPSA) is 87.5 Å². The van der Waals surface area contributed by atoms with Crippen LogP contribution in [0.5, 0.6) is 5.75 Å². The molecule has 0 aliphatic rings. The Labute approximate surface area is 104 Å². The summed E-state index contributed by atoms with van der Waals surface area (Å²) in [6.45, 7) is 0.925. The summed E-state index contributed by atoms with van der Waals surface area (Å²) in [5.74, 6) is 0.836. The fourth-order valence-electron chi connectivity index (χ4n) is 1.34. The quantitative estimate of drug-likeness (QED) is 0.797. The molecule has 0 bridgehead atoms. The van der Waals surface area contributed by atoms with Gasteiger partial charge in [-0.15, -0.1) is 5.10 Å². The molecule has 0 aliphatic heterocycles. The van der Waals surface area contributed by atoms with Gasteiger partial charge in [0.05, 0.1) is 18.2 Å². The Hall–Kier alpha value is -2.86. The fraction of sp³-hybridized carbons (Fsp3) is 0.167. The summed E-state index contributed by atoms with van der Waals surface area (Å²) < 4.78 is 7.02. The maximum Gasteiger partial charge on any atom is 0.252 e. The highest BCUT2D eigenvalue weighted by molar-refractivity contribution is 5.34. The molecule has 0 radical (unpaired) electrons. The van der Waals surface area contributed by atoms with Crippen LogP contribution in [0.4, 0.5) is 0 Å². The first-order valence-corrected chi connectivity index (χ1v) is 5.24. The van der Waals surface area contributed by atoms with E-state index < -0.39 is 0 Å². The third kappa shape index (κ3) is 2.83. The Morgan fingerprint density at radius 2 is 1.94 bits per heavy atom. The molecule has 0 unspecified atom stereocenters. The van der Waals surface area contributed by atoms with Gasteiger partial charge in [0.2, 0.25) is 0 Å². The lowest BCUT2D eigenvalue weighted by atomic mass is 10.2. The van der Waals surface area contributed by atoms with Crippen molar-refractivity contribution < 1.29 is 4.74 Å². The van der Waals surface area contributed by atoms with Crippen molar-refractivity contribution in [2.75, 3.05) is 6.61 Å². The molecule has 18 heavy (non-hydrogen) atoms. The Balaban J connectivity index is 1.85. The van der Waals surface area contributed by atoms with Crippen molar-refractivity contribution >= 4 is 0 Å². The molecule has 0 saturated heterocycles. The van der Waals surface area contributed by atoms with E-state index in [0.29, 0.717) is 24.5 Å². The molecular weight excluding hydrogens is 230 g/mol. The fourth-order valence-corrected chi connectivity index (χ4v) is 1.34. The van der Waals surface area contributed by atoms with Gasteiger partial charge in [-0.2, -0.15) is 10.5 Å². The van der Waals surface area contributed by atoms with Gasteiger partial charge in [-0.3, -0.25) is 0 Å². The number of nitriles is 2. The van der Waals surface area contributed by atoms with Crippen molar-refractivity contribution in [3.05, 3.63) is 42.0 Å². The number of nitrogens with zero attached hydrogens (tertiary/aromatic N) is 5. The van der Waals surface area contributed by atoms with Gasteiger partial charge in [0.25, 0.3) is 5.82 Å². The van der Waals surface area contributed by atoms with Crippen LogP contribution in [0, 0.1) is 22.7 Å². The number of ether oxygens (including phenoxy) is 1. The molecule has 6 nitrogen and oxygen atoms in total. The standard InChI is InChI=1S/C12H9N5O/c13-7-10-1-3-11(4-2-10)18-6-5-17-9-15-12(8-14)16-17/h1-4,9H,5-6H2. The molecule has 1 aromatic carbocycles. The zero-order valence-corrected chi connectivity index (χ0v) is 9.45. The summed E-state index contributed by atoms with van der Waals surface area (Å²) >= 11 is 0. The van der Waals surface area contributed by atoms with Crippen LogP contribution < -0.4 is 4.74 Å². The van der Waals surface area contributed by atoms with Gasteiger partial charge in [-0.25, -0.2) is 9.67 Å². The highest BCUT2D eigenvalue weighted by Crippen LogP contribution is 2.11. The number of hydrogen-bond donors (Lipinski definition) is 0. The Morgan fingerprint density at radius 1 is 1.17 bits per heavy atom. The second-order valence-corrected chi connectivity index (χ2v) is 3.43. The molecular formula is C12H9N5O. The van der Waals surface area contributed by atoms with E-state index in [2.05, 4.69) is 10.1 Å². The van der Waals surface area contributed by atoms with Crippen LogP contribution in [-0.4, -0.2) is 21.4 Å². The van der Waals surface area contributed by atoms with Gasteiger partial charge in [0.1, 0.15) is 24.8 Å². The van der Waals surface area contributed by atoms with Crippen LogP contribution in [0.2, 0.25) is 0 Å². The Kier molecular flexibility index (Phi) is 3.53. The monoisotopic (exact) mass is 239 g/mol. The zero-order chi connectivity index (χ0) is 12.8. The van der Waals surface area contributed by atoms with Crippen molar-refractivity contribution in [1.29, 1.82) is 10.5 Å². The maximum atomic E-state index is 8.64. The second kappa shape index (κ2) is 5.46. The molecule has 0 N–H and O–H groups in total. The van der Waals surface area contributed by atoms with Crippen molar-refractivity contribution in [1.82, 2.24) is 14.8 Å². The van der Waals surface area contributed by atoms with Crippen LogP contribution in [0.3, 0.4) is 0 Å². The van der Waals surface area contributed by atoms with E-state index >= 15 is 0 Å². The van der Waals surface area contributed by atoms with Gasteiger partial charge >= 0.3 is 0 Å². The maximum absolute atomic E-state index is 8.64. The first-order chi connectivity index (χ1) is 8.81. The van der Waals surface area contributed by atoms with Crippen LogP contribution in [0.25, 0.3) is 0 Å². The van der Waals surface area contributed by atoms with Gasteiger partial charge in [0, 0.05) is 0 Å².